The molecule has 0 bridgehead atoms. The van der Waals surface area contributed by atoms with Gasteiger partial charge in [-0.3, -0.25) is 14.5 Å². The van der Waals surface area contributed by atoms with E-state index in [0.29, 0.717) is 6.42 Å². The van der Waals surface area contributed by atoms with Crippen LogP contribution in [0.2, 0.25) is 0 Å². The average Bonchev–Trinajstić information content (AvgIpc) is 3.24. The average molecular weight is 320 g/mol. The summed E-state index contributed by atoms with van der Waals surface area (Å²) in [6.45, 7) is 0.816. The van der Waals surface area contributed by atoms with Gasteiger partial charge in [-0.1, -0.05) is 24.3 Å². The largest absolute Gasteiger partial charge is 0.335 e. The molecule has 3 heterocycles. The van der Waals surface area contributed by atoms with E-state index in [1.54, 1.807) is 10.9 Å². The fraction of sp³-hybridized carbons (Fsp3) is 0.316. The Kier molecular flexibility index (Phi) is 3.76. The van der Waals surface area contributed by atoms with Crippen molar-refractivity contribution < 1.29 is 4.79 Å². The van der Waals surface area contributed by atoms with Crippen LogP contribution in [0.15, 0.2) is 48.9 Å². The van der Waals surface area contributed by atoms with E-state index in [9.17, 15) is 4.79 Å². The molecule has 3 aromatic rings. The molecule has 1 aromatic carbocycles. The number of aryl methyl sites for hydroxylation is 1. The molecule has 5 nitrogen and oxygen atoms in total. The molecule has 24 heavy (non-hydrogen) atoms. The molecular weight excluding hydrogens is 300 g/mol. The summed E-state index contributed by atoms with van der Waals surface area (Å²) >= 11 is 0. The molecule has 0 spiro atoms. The lowest BCUT2D eigenvalue weighted by Gasteiger charge is -2.24. The molecule has 1 saturated heterocycles. The van der Waals surface area contributed by atoms with Gasteiger partial charge in [-0.2, -0.15) is 5.10 Å². The van der Waals surface area contributed by atoms with Crippen LogP contribution in [-0.2, 0) is 18.3 Å². The molecule has 1 atom stereocenters. The maximum Gasteiger partial charge on any atom is 0.227 e. The lowest BCUT2D eigenvalue weighted by Crippen LogP contribution is -2.31. The van der Waals surface area contributed by atoms with Crippen LogP contribution in [0.3, 0.4) is 0 Å². The minimum absolute atomic E-state index is 0.147. The number of likely N-dealkylation sites (tertiary alicyclic amines) is 1. The molecule has 1 fully saturated rings. The molecule has 1 amide bonds. The Morgan fingerprint density at radius 3 is 3.00 bits per heavy atom. The Labute approximate surface area is 140 Å². The zero-order valence-electron chi connectivity index (χ0n) is 13.7. The summed E-state index contributed by atoms with van der Waals surface area (Å²) in [4.78, 5) is 19.4. The fourth-order valence-electron chi connectivity index (χ4n) is 3.60. The van der Waals surface area contributed by atoms with Gasteiger partial charge in [-0.05, 0) is 24.5 Å². The highest BCUT2D eigenvalue weighted by molar-refractivity contribution is 5.87. The minimum Gasteiger partial charge on any atom is -0.335 e. The van der Waals surface area contributed by atoms with Gasteiger partial charge in [-0.25, -0.2) is 0 Å². The van der Waals surface area contributed by atoms with Crippen molar-refractivity contribution in [3.05, 3.63) is 60.0 Å². The second kappa shape index (κ2) is 6.07. The molecule has 1 aliphatic heterocycles. The highest BCUT2D eigenvalue weighted by Crippen LogP contribution is 2.32. The number of carbonyl (C=O) groups excluding carboxylic acids is 1. The van der Waals surface area contributed by atoms with Crippen molar-refractivity contribution in [1.29, 1.82) is 0 Å². The van der Waals surface area contributed by atoms with Crippen molar-refractivity contribution >= 4 is 16.8 Å². The molecule has 4 rings (SSSR count). The lowest BCUT2D eigenvalue weighted by molar-refractivity contribution is -0.131. The maximum atomic E-state index is 12.9. The Morgan fingerprint density at radius 2 is 2.17 bits per heavy atom. The number of pyridine rings is 1. The topological polar surface area (TPSA) is 51.0 Å². The van der Waals surface area contributed by atoms with Crippen molar-refractivity contribution in [1.82, 2.24) is 19.7 Å². The number of carbonyl (C=O) groups is 1. The summed E-state index contributed by atoms with van der Waals surface area (Å²) < 4.78 is 1.80. The predicted octanol–water partition coefficient (Wildman–Crippen LogP) is 2.87. The molecule has 0 aliphatic carbocycles. The maximum absolute atomic E-state index is 12.9. The van der Waals surface area contributed by atoms with Crippen molar-refractivity contribution in [2.45, 2.75) is 25.3 Å². The molecule has 0 saturated carbocycles. The van der Waals surface area contributed by atoms with Crippen LogP contribution >= 0.6 is 0 Å². The Balaban J connectivity index is 1.59. The van der Waals surface area contributed by atoms with Crippen LogP contribution in [0.5, 0.6) is 0 Å². The van der Waals surface area contributed by atoms with Crippen LogP contribution < -0.4 is 0 Å². The van der Waals surface area contributed by atoms with E-state index in [-0.39, 0.29) is 11.9 Å². The van der Waals surface area contributed by atoms with E-state index >= 15 is 0 Å². The third-order valence-electron chi connectivity index (χ3n) is 4.74. The van der Waals surface area contributed by atoms with Gasteiger partial charge in [0.1, 0.15) is 0 Å². The second-order valence-corrected chi connectivity index (χ2v) is 6.36. The zero-order valence-corrected chi connectivity index (χ0v) is 13.7. The van der Waals surface area contributed by atoms with Gasteiger partial charge in [0, 0.05) is 36.9 Å². The van der Waals surface area contributed by atoms with E-state index in [2.05, 4.69) is 10.1 Å². The van der Waals surface area contributed by atoms with Gasteiger partial charge in [0.25, 0.3) is 0 Å². The number of aromatic nitrogens is 3. The Morgan fingerprint density at radius 1 is 1.29 bits per heavy atom. The number of nitrogens with zero attached hydrogens (tertiary/aromatic N) is 4. The Hall–Kier alpha value is -2.69. The van der Waals surface area contributed by atoms with Gasteiger partial charge >= 0.3 is 0 Å². The van der Waals surface area contributed by atoms with Gasteiger partial charge in [0.2, 0.25) is 5.91 Å². The van der Waals surface area contributed by atoms with Crippen molar-refractivity contribution in [3.8, 4) is 0 Å². The van der Waals surface area contributed by atoms with E-state index < -0.39 is 0 Å². The van der Waals surface area contributed by atoms with Gasteiger partial charge in [0.05, 0.1) is 24.2 Å². The van der Waals surface area contributed by atoms with Gasteiger partial charge < -0.3 is 4.90 Å². The summed E-state index contributed by atoms with van der Waals surface area (Å²) in [6.07, 6.45) is 8.10. The third kappa shape index (κ3) is 2.66. The first-order chi connectivity index (χ1) is 11.7. The highest BCUT2D eigenvalue weighted by Gasteiger charge is 2.30. The first-order valence-electron chi connectivity index (χ1n) is 8.33. The SMILES string of the molecule is Cn1cc([C@@H]2CCCN2C(=O)Cc2cccc3cccnc23)cn1. The molecule has 2 aromatic heterocycles. The van der Waals surface area contributed by atoms with E-state index in [1.165, 1.54) is 0 Å². The van der Waals surface area contributed by atoms with Crippen molar-refractivity contribution in [2.75, 3.05) is 6.54 Å². The van der Waals surface area contributed by atoms with E-state index in [1.807, 2.05) is 54.7 Å². The monoisotopic (exact) mass is 320 g/mol. The fourth-order valence-corrected chi connectivity index (χ4v) is 3.60. The molecule has 0 unspecified atom stereocenters. The summed E-state index contributed by atoms with van der Waals surface area (Å²) in [6, 6.07) is 10.1. The summed E-state index contributed by atoms with van der Waals surface area (Å²) in [5.74, 6) is 0.166. The standard InChI is InChI=1S/C19H20N4O/c1-22-13-16(12-21-22)17-8-4-10-23(17)18(24)11-15-6-2-5-14-7-3-9-20-19(14)15/h2-3,5-7,9,12-13,17H,4,8,10-11H2,1H3/t17-/m0/s1. The third-order valence-corrected chi connectivity index (χ3v) is 4.74. The van der Waals surface area contributed by atoms with Crippen LogP contribution in [0.25, 0.3) is 10.9 Å². The number of rotatable bonds is 3. The first-order valence-corrected chi connectivity index (χ1v) is 8.33. The number of fused-ring (bicyclic) bond motifs is 1. The minimum atomic E-state index is 0.147. The van der Waals surface area contributed by atoms with Crippen molar-refractivity contribution in [3.63, 3.8) is 0 Å². The van der Waals surface area contributed by atoms with Crippen LogP contribution in [-0.4, -0.2) is 32.1 Å². The predicted molar refractivity (Wildman–Crippen MR) is 92.3 cm³/mol. The normalized spacial score (nSPS) is 17.5. The number of amides is 1. The van der Waals surface area contributed by atoms with Gasteiger partial charge in [0.15, 0.2) is 0 Å². The van der Waals surface area contributed by atoms with Crippen LogP contribution in [0, 0.1) is 0 Å². The number of para-hydroxylation sites is 1. The van der Waals surface area contributed by atoms with E-state index in [4.69, 9.17) is 0 Å². The van der Waals surface area contributed by atoms with Crippen LogP contribution in [0.1, 0.15) is 30.0 Å². The zero-order chi connectivity index (χ0) is 16.5. The Bertz CT molecular complexity index is 880. The molecule has 5 heteroatoms. The molecule has 0 N–H and O–H groups in total. The summed E-state index contributed by atoms with van der Waals surface area (Å²) in [5, 5.41) is 5.33. The second-order valence-electron chi connectivity index (χ2n) is 6.36. The quantitative estimate of drug-likeness (QED) is 0.745. The smallest absolute Gasteiger partial charge is 0.227 e. The highest BCUT2D eigenvalue weighted by atomic mass is 16.2. The summed E-state index contributed by atoms with van der Waals surface area (Å²) in [7, 11) is 1.91. The molecule has 0 radical (unpaired) electrons. The number of benzene rings is 1. The lowest BCUT2D eigenvalue weighted by atomic mass is 10.0. The first kappa shape index (κ1) is 14.9. The van der Waals surface area contributed by atoms with Crippen molar-refractivity contribution in [2.24, 2.45) is 7.05 Å². The van der Waals surface area contributed by atoms with E-state index in [0.717, 1.165) is 41.4 Å². The summed E-state index contributed by atoms with van der Waals surface area (Å²) in [5.41, 5.74) is 3.04. The van der Waals surface area contributed by atoms with Gasteiger partial charge in [-0.15, -0.1) is 0 Å². The number of hydrogen-bond donors (Lipinski definition) is 0. The number of hydrogen-bond acceptors (Lipinski definition) is 3. The van der Waals surface area contributed by atoms with Crippen LogP contribution in [0.4, 0.5) is 0 Å². The molecular formula is C19H20N4O. The molecule has 122 valence electrons. The molecule has 1 aliphatic rings.